The first-order valence-corrected chi connectivity index (χ1v) is 6.93. The molecule has 0 radical (unpaired) electrons. The molecule has 0 aliphatic heterocycles. The first-order chi connectivity index (χ1) is 8.52. The van der Waals surface area contributed by atoms with Crippen molar-refractivity contribution in [3.8, 4) is 5.75 Å². The molecular formula is C13H16BrF2NO. The third-order valence-electron chi connectivity index (χ3n) is 3.67. The average molecular weight is 320 g/mol. The Bertz CT molecular complexity index is 421. The van der Waals surface area contributed by atoms with Crippen molar-refractivity contribution in [2.24, 2.45) is 11.7 Å². The maximum absolute atomic E-state index is 13.8. The van der Waals surface area contributed by atoms with Crippen LogP contribution in [0.1, 0.15) is 43.7 Å². The van der Waals surface area contributed by atoms with E-state index >= 15 is 0 Å². The average Bonchev–Trinajstić information content (AvgIpc) is 2.37. The molecule has 100 valence electrons. The summed E-state index contributed by atoms with van der Waals surface area (Å²) in [5.41, 5.74) is 5.92. The predicted molar refractivity (Wildman–Crippen MR) is 69.2 cm³/mol. The van der Waals surface area contributed by atoms with Crippen LogP contribution in [0, 0.1) is 17.6 Å². The van der Waals surface area contributed by atoms with Gasteiger partial charge in [-0.3, -0.25) is 0 Å². The third kappa shape index (κ3) is 2.52. The topological polar surface area (TPSA) is 46.2 Å². The van der Waals surface area contributed by atoms with Gasteiger partial charge in [-0.25, -0.2) is 8.78 Å². The summed E-state index contributed by atoms with van der Waals surface area (Å²) >= 11 is 3.01. The lowest BCUT2D eigenvalue weighted by Gasteiger charge is -2.28. The van der Waals surface area contributed by atoms with Crippen molar-refractivity contribution in [1.29, 1.82) is 0 Å². The standard InChI is InChI=1S/C13H16BrF2NO/c14-8-6-9(15)11(16)10(13(8)18)12(17)7-4-2-1-3-5-7/h6-7,12,18H,1-5,17H2/t12-/m1/s1. The van der Waals surface area contributed by atoms with E-state index in [0.717, 1.165) is 38.2 Å². The zero-order chi connectivity index (χ0) is 13.3. The quantitative estimate of drug-likeness (QED) is 0.809. The molecule has 0 unspecified atom stereocenters. The van der Waals surface area contributed by atoms with Crippen LogP contribution in [0.4, 0.5) is 8.78 Å². The SMILES string of the molecule is N[C@@H](c1c(O)c(Br)cc(F)c1F)C1CCCCC1. The molecule has 18 heavy (non-hydrogen) atoms. The fourth-order valence-corrected chi connectivity index (χ4v) is 3.05. The summed E-state index contributed by atoms with van der Waals surface area (Å²) in [4.78, 5) is 0. The molecule has 1 atom stereocenters. The Morgan fingerprint density at radius 1 is 1.28 bits per heavy atom. The Morgan fingerprint density at radius 3 is 2.50 bits per heavy atom. The minimum absolute atomic E-state index is 0.103. The third-order valence-corrected chi connectivity index (χ3v) is 4.28. The van der Waals surface area contributed by atoms with Crippen LogP contribution in [-0.4, -0.2) is 5.11 Å². The molecule has 0 spiro atoms. The van der Waals surface area contributed by atoms with E-state index in [9.17, 15) is 13.9 Å². The van der Waals surface area contributed by atoms with Gasteiger partial charge in [-0.15, -0.1) is 0 Å². The molecule has 1 aromatic rings. The number of nitrogens with two attached hydrogens (primary N) is 1. The second kappa shape index (κ2) is 5.53. The van der Waals surface area contributed by atoms with Crippen LogP contribution in [-0.2, 0) is 0 Å². The van der Waals surface area contributed by atoms with Crippen molar-refractivity contribution in [2.75, 3.05) is 0 Å². The Kier molecular flexibility index (Phi) is 4.22. The van der Waals surface area contributed by atoms with Gasteiger partial charge in [-0.2, -0.15) is 0 Å². The van der Waals surface area contributed by atoms with E-state index in [-0.39, 0.29) is 21.7 Å². The largest absolute Gasteiger partial charge is 0.506 e. The molecule has 0 heterocycles. The zero-order valence-electron chi connectivity index (χ0n) is 9.93. The molecule has 0 saturated heterocycles. The molecule has 0 aromatic heterocycles. The monoisotopic (exact) mass is 319 g/mol. The molecule has 5 heteroatoms. The van der Waals surface area contributed by atoms with Gasteiger partial charge >= 0.3 is 0 Å². The van der Waals surface area contributed by atoms with Gasteiger partial charge in [0.05, 0.1) is 10.0 Å². The summed E-state index contributed by atoms with van der Waals surface area (Å²) in [6, 6.07) is 0.263. The van der Waals surface area contributed by atoms with Crippen molar-refractivity contribution in [1.82, 2.24) is 0 Å². The number of hydrogen-bond donors (Lipinski definition) is 2. The number of aromatic hydroxyl groups is 1. The first kappa shape index (κ1) is 13.7. The number of phenolic OH excluding ortho intramolecular Hbond substituents is 1. The van der Waals surface area contributed by atoms with Gasteiger partial charge < -0.3 is 10.8 Å². The van der Waals surface area contributed by atoms with E-state index in [1.165, 1.54) is 0 Å². The van der Waals surface area contributed by atoms with E-state index in [0.29, 0.717) is 0 Å². The van der Waals surface area contributed by atoms with Crippen LogP contribution < -0.4 is 5.73 Å². The first-order valence-electron chi connectivity index (χ1n) is 6.14. The molecule has 1 aliphatic carbocycles. The number of rotatable bonds is 2. The molecule has 1 fully saturated rings. The smallest absolute Gasteiger partial charge is 0.167 e. The van der Waals surface area contributed by atoms with Crippen LogP contribution in [0.3, 0.4) is 0 Å². The number of hydrogen-bond acceptors (Lipinski definition) is 2. The van der Waals surface area contributed by atoms with Crippen molar-refractivity contribution >= 4 is 15.9 Å². The van der Waals surface area contributed by atoms with Crippen LogP contribution >= 0.6 is 15.9 Å². The fourth-order valence-electron chi connectivity index (χ4n) is 2.64. The van der Waals surface area contributed by atoms with Gasteiger partial charge in [0, 0.05) is 6.04 Å². The lowest BCUT2D eigenvalue weighted by molar-refractivity contribution is 0.294. The van der Waals surface area contributed by atoms with Gasteiger partial charge in [0.2, 0.25) is 0 Å². The van der Waals surface area contributed by atoms with Gasteiger partial charge in [0.25, 0.3) is 0 Å². The van der Waals surface area contributed by atoms with Crippen molar-refractivity contribution < 1.29 is 13.9 Å². The Balaban J connectivity index is 2.37. The minimum atomic E-state index is -1.03. The highest BCUT2D eigenvalue weighted by molar-refractivity contribution is 9.10. The molecule has 1 aromatic carbocycles. The Labute approximate surface area is 113 Å². The summed E-state index contributed by atoms with van der Waals surface area (Å²) in [6.45, 7) is 0. The highest BCUT2D eigenvalue weighted by Gasteiger charge is 2.29. The van der Waals surface area contributed by atoms with Gasteiger partial charge in [0.1, 0.15) is 5.75 Å². The van der Waals surface area contributed by atoms with E-state index in [1.807, 2.05) is 0 Å². The summed E-state index contributed by atoms with van der Waals surface area (Å²) in [5, 5.41) is 9.87. The normalized spacial score (nSPS) is 18.9. The predicted octanol–water partition coefficient (Wildman–Crippen LogP) is 4.01. The Hall–Kier alpha value is -0.680. The van der Waals surface area contributed by atoms with E-state index in [4.69, 9.17) is 5.73 Å². The van der Waals surface area contributed by atoms with Crippen molar-refractivity contribution in [3.05, 3.63) is 27.7 Å². The summed E-state index contributed by atoms with van der Waals surface area (Å²) < 4.78 is 27.3. The molecule has 3 N–H and O–H groups in total. The van der Waals surface area contributed by atoms with Crippen LogP contribution in [0.2, 0.25) is 0 Å². The molecule has 2 nitrogen and oxygen atoms in total. The van der Waals surface area contributed by atoms with Gasteiger partial charge in [0.15, 0.2) is 11.6 Å². The zero-order valence-corrected chi connectivity index (χ0v) is 11.5. The molecule has 1 aliphatic rings. The second-order valence-electron chi connectivity index (χ2n) is 4.84. The molecule has 0 bridgehead atoms. The lowest BCUT2D eigenvalue weighted by Crippen LogP contribution is -2.25. The van der Waals surface area contributed by atoms with E-state index < -0.39 is 17.7 Å². The van der Waals surface area contributed by atoms with Crippen LogP contribution in [0.15, 0.2) is 10.5 Å². The van der Waals surface area contributed by atoms with Crippen molar-refractivity contribution in [2.45, 2.75) is 38.1 Å². The van der Waals surface area contributed by atoms with Gasteiger partial charge in [-0.1, -0.05) is 19.3 Å². The Morgan fingerprint density at radius 2 is 1.89 bits per heavy atom. The van der Waals surface area contributed by atoms with Crippen LogP contribution in [0.5, 0.6) is 5.75 Å². The summed E-state index contributed by atoms with van der Waals surface area (Å²) in [5.74, 6) is -2.20. The summed E-state index contributed by atoms with van der Waals surface area (Å²) in [6.07, 6.45) is 5.06. The fraction of sp³-hybridized carbons (Fsp3) is 0.538. The molecule has 2 rings (SSSR count). The number of phenols is 1. The van der Waals surface area contributed by atoms with Gasteiger partial charge in [-0.05, 0) is 40.8 Å². The van der Waals surface area contributed by atoms with Crippen LogP contribution in [0.25, 0.3) is 0 Å². The summed E-state index contributed by atoms with van der Waals surface area (Å²) in [7, 11) is 0. The van der Waals surface area contributed by atoms with Crippen molar-refractivity contribution in [3.63, 3.8) is 0 Å². The van der Waals surface area contributed by atoms with E-state index in [1.54, 1.807) is 0 Å². The van der Waals surface area contributed by atoms with E-state index in [2.05, 4.69) is 15.9 Å². The second-order valence-corrected chi connectivity index (χ2v) is 5.69. The molecule has 0 amide bonds. The number of benzene rings is 1. The minimum Gasteiger partial charge on any atom is -0.506 e. The lowest BCUT2D eigenvalue weighted by atomic mass is 9.81. The highest BCUT2D eigenvalue weighted by atomic mass is 79.9. The highest BCUT2D eigenvalue weighted by Crippen LogP contribution is 2.41. The maximum Gasteiger partial charge on any atom is 0.167 e. The maximum atomic E-state index is 13.8. The molecular weight excluding hydrogens is 304 g/mol. The molecule has 1 saturated carbocycles. The number of halogens is 3.